The minimum atomic E-state index is 0.356. The van der Waals surface area contributed by atoms with Crippen molar-refractivity contribution in [2.45, 2.75) is 26.7 Å². The molecule has 0 spiro atoms. The first-order valence-electron chi connectivity index (χ1n) is 6.25. The third-order valence-corrected chi connectivity index (χ3v) is 2.80. The van der Waals surface area contributed by atoms with Crippen LogP contribution in [0.5, 0.6) is 11.6 Å². The topological polar surface area (TPSA) is 45.9 Å². The molecule has 0 amide bonds. The average Bonchev–Trinajstić information content (AvgIpc) is 2.38. The molecule has 0 bridgehead atoms. The van der Waals surface area contributed by atoms with Crippen molar-refractivity contribution in [3.8, 4) is 17.7 Å². The summed E-state index contributed by atoms with van der Waals surface area (Å²) in [5, 5.41) is 8.82. The first kappa shape index (κ1) is 13.1. The highest BCUT2D eigenvalue weighted by molar-refractivity contribution is 5.37. The Balaban J connectivity index is 2.30. The molecule has 0 saturated carbocycles. The number of nitriles is 1. The van der Waals surface area contributed by atoms with Gasteiger partial charge in [-0.3, -0.25) is 0 Å². The maximum Gasteiger partial charge on any atom is 0.220 e. The molecule has 0 unspecified atom stereocenters. The van der Waals surface area contributed by atoms with Gasteiger partial charge in [-0.05, 0) is 42.2 Å². The third kappa shape index (κ3) is 3.32. The van der Waals surface area contributed by atoms with Crippen molar-refractivity contribution in [3.63, 3.8) is 0 Å². The van der Waals surface area contributed by atoms with Gasteiger partial charge in [0.2, 0.25) is 5.88 Å². The van der Waals surface area contributed by atoms with E-state index in [1.165, 1.54) is 5.56 Å². The van der Waals surface area contributed by atoms with E-state index in [-0.39, 0.29) is 0 Å². The maximum absolute atomic E-state index is 8.82. The minimum absolute atomic E-state index is 0.356. The van der Waals surface area contributed by atoms with Crippen LogP contribution in [0.3, 0.4) is 0 Å². The van der Waals surface area contributed by atoms with E-state index in [4.69, 9.17) is 10.00 Å². The minimum Gasteiger partial charge on any atom is -0.439 e. The number of benzene rings is 1. The third-order valence-electron chi connectivity index (χ3n) is 2.80. The molecule has 19 heavy (non-hydrogen) atoms. The molecule has 2 aromatic rings. The van der Waals surface area contributed by atoms with Gasteiger partial charge in [-0.25, -0.2) is 4.98 Å². The second kappa shape index (κ2) is 5.53. The molecule has 0 aliphatic heterocycles. The van der Waals surface area contributed by atoms with E-state index < -0.39 is 0 Å². The first-order valence-corrected chi connectivity index (χ1v) is 6.25. The van der Waals surface area contributed by atoms with Crippen molar-refractivity contribution < 1.29 is 4.74 Å². The number of nitrogens with zero attached hydrogens (tertiary/aromatic N) is 2. The fourth-order valence-corrected chi connectivity index (χ4v) is 1.82. The SMILES string of the molecule is Cc1cc(Oc2cccc(C#N)n2)cc(C(C)C)c1. The molecule has 3 heteroatoms. The molecule has 0 saturated heterocycles. The molecule has 3 nitrogen and oxygen atoms in total. The van der Waals surface area contributed by atoms with Crippen LogP contribution in [0.25, 0.3) is 0 Å². The van der Waals surface area contributed by atoms with Gasteiger partial charge in [0.05, 0.1) is 0 Å². The molecular weight excluding hydrogens is 236 g/mol. The van der Waals surface area contributed by atoms with E-state index in [1.807, 2.05) is 25.1 Å². The standard InChI is InChI=1S/C16H16N2O/c1-11(2)13-7-12(3)8-15(9-13)19-16-6-4-5-14(10-17)18-16/h4-9,11H,1-3H3. The zero-order valence-corrected chi connectivity index (χ0v) is 11.3. The number of aryl methyl sites for hydroxylation is 1. The summed E-state index contributed by atoms with van der Waals surface area (Å²) in [6.07, 6.45) is 0. The van der Waals surface area contributed by atoms with Gasteiger partial charge in [-0.2, -0.15) is 5.26 Å². The van der Waals surface area contributed by atoms with E-state index in [2.05, 4.69) is 24.9 Å². The number of hydrogen-bond donors (Lipinski definition) is 0. The van der Waals surface area contributed by atoms with Crippen LogP contribution >= 0.6 is 0 Å². The van der Waals surface area contributed by atoms with Crippen LogP contribution in [0.2, 0.25) is 0 Å². The Kier molecular flexibility index (Phi) is 3.82. The van der Waals surface area contributed by atoms with Crippen LogP contribution in [0, 0.1) is 18.3 Å². The van der Waals surface area contributed by atoms with E-state index in [0.29, 0.717) is 17.5 Å². The zero-order valence-electron chi connectivity index (χ0n) is 11.3. The lowest BCUT2D eigenvalue weighted by Gasteiger charge is -2.11. The van der Waals surface area contributed by atoms with Crippen LogP contribution in [0.4, 0.5) is 0 Å². The van der Waals surface area contributed by atoms with Crippen molar-refractivity contribution in [1.82, 2.24) is 4.98 Å². The Labute approximate surface area is 113 Å². The highest BCUT2D eigenvalue weighted by Crippen LogP contribution is 2.26. The van der Waals surface area contributed by atoms with Crippen LogP contribution in [0.1, 0.15) is 36.6 Å². The number of hydrogen-bond acceptors (Lipinski definition) is 3. The van der Waals surface area contributed by atoms with Crippen molar-refractivity contribution in [3.05, 3.63) is 53.2 Å². The molecular formula is C16H16N2O. The molecule has 1 aromatic heterocycles. The lowest BCUT2D eigenvalue weighted by atomic mass is 10.0. The Hall–Kier alpha value is -2.34. The van der Waals surface area contributed by atoms with E-state index in [0.717, 1.165) is 11.3 Å². The van der Waals surface area contributed by atoms with E-state index in [9.17, 15) is 0 Å². The van der Waals surface area contributed by atoms with Crippen LogP contribution in [0.15, 0.2) is 36.4 Å². The predicted molar refractivity (Wildman–Crippen MR) is 74.3 cm³/mol. The van der Waals surface area contributed by atoms with Crippen molar-refractivity contribution in [2.75, 3.05) is 0 Å². The lowest BCUT2D eigenvalue weighted by Crippen LogP contribution is -1.93. The molecule has 0 N–H and O–H groups in total. The van der Waals surface area contributed by atoms with E-state index in [1.54, 1.807) is 18.2 Å². The zero-order chi connectivity index (χ0) is 13.8. The van der Waals surface area contributed by atoms with Crippen LogP contribution in [-0.2, 0) is 0 Å². The monoisotopic (exact) mass is 252 g/mol. The van der Waals surface area contributed by atoms with E-state index >= 15 is 0 Å². The van der Waals surface area contributed by atoms with Gasteiger partial charge in [0, 0.05) is 6.07 Å². The largest absolute Gasteiger partial charge is 0.439 e. The second-order valence-corrected chi connectivity index (χ2v) is 4.81. The predicted octanol–water partition coefficient (Wildman–Crippen LogP) is 4.18. The quantitative estimate of drug-likeness (QED) is 0.823. The van der Waals surface area contributed by atoms with Crippen molar-refractivity contribution >= 4 is 0 Å². The molecule has 0 fully saturated rings. The molecule has 1 aromatic carbocycles. The van der Waals surface area contributed by atoms with Gasteiger partial charge in [-0.15, -0.1) is 0 Å². The summed E-state index contributed by atoms with van der Waals surface area (Å²) in [6, 6.07) is 13.3. The molecule has 1 heterocycles. The van der Waals surface area contributed by atoms with Gasteiger partial charge >= 0.3 is 0 Å². The van der Waals surface area contributed by atoms with Crippen LogP contribution < -0.4 is 4.74 Å². The lowest BCUT2D eigenvalue weighted by molar-refractivity contribution is 0.461. The highest BCUT2D eigenvalue weighted by Gasteiger charge is 2.05. The van der Waals surface area contributed by atoms with Gasteiger partial charge < -0.3 is 4.74 Å². The Morgan fingerprint density at radius 1 is 1.21 bits per heavy atom. The fraction of sp³-hybridized carbons (Fsp3) is 0.250. The Morgan fingerprint density at radius 3 is 2.68 bits per heavy atom. The molecule has 0 aliphatic rings. The van der Waals surface area contributed by atoms with Gasteiger partial charge in [0.15, 0.2) is 0 Å². The summed E-state index contributed by atoms with van der Waals surface area (Å²) in [4.78, 5) is 4.11. The number of ether oxygens (including phenoxy) is 1. The smallest absolute Gasteiger partial charge is 0.220 e. The molecule has 0 radical (unpaired) electrons. The Bertz CT molecular complexity index is 627. The molecule has 2 rings (SSSR count). The summed E-state index contributed by atoms with van der Waals surface area (Å²) < 4.78 is 5.73. The van der Waals surface area contributed by atoms with Crippen molar-refractivity contribution in [1.29, 1.82) is 5.26 Å². The molecule has 0 atom stereocenters. The molecule has 0 aliphatic carbocycles. The number of aromatic nitrogens is 1. The first-order chi connectivity index (χ1) is 9.08. The van der Waals surface area contributed by atoms with Crippen LogP contribution in [-0.4, -0.2) is 4.98 Å². The summed E-state index contributed by atoms with van der Waals surface area (Å²) in [6.45, 7) is 6.33. The highest BCUT2D eigenvalue weighted by atomic mass is 16.5. The summed E-state index contributed by atoms with van der Waals surface area (Å²) >= 11 is 0. The van der Waals surface area contributed by atoms with Gasteiger partial charge in [0.1, 0.15) is 17.5 Å². The molecule has 96 valence electrons. The number of rotatable bonds is 3. The Morgan fingerprint density at radius 2 is 2.00 bits per heavy atom. The summed E-state index contributed by atoms with van der Waals surface area (Å²) in [5.74, 6) is 1.64. The van der Waals surface area contributed by atoms with Gasteiger partial charge in [-0.1, -0.05) is 26.0 Å². The summed E-state index contributed by atoms with van der Waals surface area (Å²) in [7, 11) is 0. The fourth-order valence-electron chi connectivity index (χ4n) is 1.82. The average molecular weight is 252 g/mol. The van der Waals surface area contributed by atoms with Crippen molar-refractivity contribution in [2.24, 2.45) is 0 Å². The maximum atomic E-state index is 8.82. The normalized spacial score (nSPS) is 10.3. The number of pyridine rings is 1. The summed E-state index contributed by atoms with van der Waals surface area (Å²) in [5.41, 5.74) is 2.73. The van der Waals surface area contributed by atoms with Gasteiger partial charge in [0.25, 0.3) is 0 Å². The second-order valence-electron chi connectivity index (χ2n) is 4.81.